The lowest BCUT2D eigenvalue weighted by Gasteiger charge is -2.33. The van der Waals surface area contributed by atoms with E-state index in [1.807, 2.05) is 0 Å². The molecule has 0 aromatic carbocycles. The Morgan fingerprint density at radius 3 is 2.44 bits per heavy atom. The Balaban J connectivity index is 2.05. The molecule has 0 saturated carbocycles. The molecule has 16 heavy (non-hydrogen) atoms. The van der Waals surface area contributed by atoms with Gasteiger partial charge in [0.25, 0.3) is 0 Å². The number of hydrogen-bond acceptors (Lipinski definition) is 3. The van der Waals surface area contributed by atoms with Crippen LogP contribution in [0.5, 0.6) is 0 Å². The molecule has 0 aromatic rings. The first-order chi connectivity index (χ1) is 7.34. The van der Waals surface area contributed by atoms with Gasteiger partial charge in [0, 0.05) is 12.6 Å². The van der Waals surface area contributed by atoms with Crippen LogP contribution in [-0.4, -0.2) is 41.8 Å². The molecule has 0 spiro atoms. The lowest BCUT2D eigenvalue weighted by molar-refractivity contribution is -0.0790. The highest BCUT2D eigenvalue weighted by molar-refractivity contribution is 5.01. The highest BCUT2D eigenvalue weighted by Crippen LogP contribution is 2.41. The fourth-order valence-corrected chi connectivity index (χ4v) is 3.44. The van der Waals surface area contributed by atoms with Gasteiger partial charge in [-0.05, 0) is 59.5 Å². The van der Waals surface area contributed by atoms with E-state index in [-0.39, 0.29) is 11.2 Å². The highest BCUT2D eigenvalue weighted by Gasteiger charge is 2.49. The molecular weight excluding hydrogens is 200 g/mol. The molecule has 2 atom stereocenters. The van der Waals surface area contributed by atoms with Crippen LogP contribution in [0.2, 0.25) is 0 Å². The molecule has 2 unspecified atom stereocenters. The number of rotatable bonds is 2. The monoisotopic (exact) mass is 226 g/mol. The minimum atomic E-state index is -0.0208. The fraction of sp³-hybridized carbons (Fsp3) is 1.00. The second-order valence-corrected chi connectivity index (χ2v) is 6.57. The van der Waals surface area contributed by atoms with E-state index in [0.717, 1.165) is 19.5 Å². The molecule has 3 heteroatoms. The summed E-state index contributed by atoms with van der Waals surface area (Å²) in [5, 5.41) is 0. The van der Waals surface area contributed by atoms with E-state index in [4.69, 9.17) is 10.5 Å². The lowest BCUT2D eigenvalue weighted by atomic mass is 9.93. The van der Waals surface area contributed by atoms with E-state index in [9.17, 15) is 0 Å². The fourth-order valence-electron chi connectivity index (χ4n) is 3.44. The average molecular weight is 226 g/mol. The minimum Gasteiger partial charge on any atom is -0.368 e. The van der Waals surface area contributed by atoms with E-state index in [2.05, 4.69) is 32.6 Å². The average Bonchev–Trinajstić information content (AvgIpc) is 2.67. The number of nitrogens with two attached hydrogens (primary N) is 1. The van der Waals surface area contributed by atoms with Gasteiger partial charge in [-0.3, -0.25) is 4.90 Å². The predicted octanol–water partition coefficient (Wildman–Crippen LogP) is 1.61. The first kappa shape index (κ1) is 12.3. The largest absolute Gasteiger partial charge is 0.368 e. The van der Waals surface area contributed by atoms with Gasteiger partial charge in [-0.2, -0.15) is 0 Å². The lowest BCUT2D eigenvalue weighted by Crippen LogP contribution is -2.45. The zero-order valence-electron chi connectivity index (χ0n) is 11.1. The predicted molar refractivity (Wildman–Crippen MR) is 66.4 cm³/mol. The standard InChI is InChI=1S/C13H26N2O/c1-12(2)7-11(13(3,4)16-12)15-6-5-10(8-14)9-15/h10-11H,5-9,14H2,1-4H3. The van der Waals surface area contributed by atoms with Crippen LogP contribution in [0.1, 0.15) is 40.5 Å². The van der Waals surface area contributed by atoms with Crippen molar-refractivity contribution in [2.45, 2.75) is 57.8 Å². The third-order valence-electron chi connectivity index (χ3n) is 4.12. The molecule has 3 nitrogen and oxygen atoms in total. The quantitative estimate of drug-likeness (QED) is 0.777. The van der Waals surface area contributed by atoms with Crippen molar-refractivity contribution in [2.24, 2.45) is 11.7 Å². The van der Waals surface area contributed by atoms with Gasteiger partial charge in [0.2, 0.25) is 0 Å². The molecule has 2 heterocycles. The van der Waals surface area contributed by atoms with Crippen LogP contribution in [0.25, 0.3) is 0 Å². The summed E-state index contributed by atoms with van der Waals surface area (Å²) in [6.07, 6.45) is 2.39. The smallest absolute Gasteiger partial charge is 0.0789 e. The van der Waals surface area contributed by atoms with Crippen molar-refractivity contribution in [3.8, 4) is 0 Å². The zero-order valence-corrected chi connectivity index (χ0v) is 11.1. The van der Waals surface area contributed by atoms with Crippen molar-refractivity contribution >= 4 is 0 Å². The van der Waals surface area contributed by atoms with E-state index >= 15 is 0 Å². The van der Waals surface area contributed by atoms with Gasteiger partial charge in [-0.15, -0.1) is 0 Å². The van der Waals surface area contributed by atoms with Crippen LogP contribution in [0, 0.1) is 5.92 Å². The van der Waals surface area contributed by atoms with Crippen molar-refractivity contribution in [3.05, 3.63) is 0 Å². The Kier molecular flexibility index (Phi) is 3.06. The maximum atomic E-state index is 6.16. The summed E-state index contributed by atoms with van der Waals surface area (Å²) in [5.41, 5.74) is 5.76. The summed E-state index contributed by atoms with van der Waals surface area (Å²) in [4.78, 5) is 2.59. The molecule has 2 aliphatic heterocycles. The molecule has 0 aliphatic carbocycles. The van der Waals surface area contributed by atoms with Crippen molar-refractivity contribution in [1.82, 2.24) is 4.90 Å². The van der Waals surface area contributed by atoms with Gasteiger partial charge < -0.3 is 10.5 Å². The topological polar surface area (TPSA) is 38.5 Å². The molecule has 2 saturated heterocycles. The second kappa shape index (κ2) is 3.97. The van der Waals surface area contributed by atoms with Crippen LogP contribution in [0.15, 0.2) is 0 Å². The van der Waals surface area contributed by atoms with Crippen LogP contribution < -0.4 is 5.73 Å². The summed E-state index contributed by atoms with van der Waals surface area (Å²) >= 11 is 0. The highest BCUT2D eigenvalue weighted by atomic mass is 16.5. The number of hydrogen-bond donors (Lipinski definition) is 1. The molecule has 0 aromatic heterocycles. The summed E-state index contributed by atoms with van der Waals surface area (Å²) in [6.45, 7) is 12.0. The minimum absolute atomic E-state index is 0.0208. The molecule has 0 bridgehead atoms. The van der Waals surface area contributed by atoms with Crippen LogP contribution in [-0.2, 0) is 4.74 Å². The Morgan fingerprint density at radius 2 is 2.00 bits per heavy atom. The molecular formula is C13H26N2O. The van der Waals surface area contributed by atoms with E-state index in [0.29, 0.717) is 12.0 Å². The van der Waals surface area contributed by atoms with Crippen molar-refractivity contribution in [1.29, 1.82) is 0 Å². The number of likely N-dealkylation sites (tertiary alicyclic amines) is 1. The number of nitrogens with zero attached hydrogens (tertiary/aromatic N) is 1. The number of ether oxygens (including phenoxy) is 1. The maximum Gasteiger partial charge on any atom is 0.0789 e. The Morgan fingerprint density at radius 1 is 1.31 bits per heavy atom. The summed E-state index contributed by atoms with van der Waals surface area (Å²) < 4.78 is 6.16. The molecule has 2 aliphatic rings. The van der Waals surface area contributed by atoms with Crippen molar-refractivity contribution in [2.75, 3.05) is 19.6 Å². The molecule has 0 radical (unpaired) electrons. The molecule has 2 N–H and O–H groups in total. The van der Waals surface area contributed by atoms with Gasteiger partial charge in [-0.25, -0.2) is 0 Å². The van der Waals surface area contributed by atoms with E-state index in [1.165, 1.54) is 13.0 Å². The van der Waals surface area contributed by atoms with Gasteiger partial charge in [-0.1, -0.05) is 0 Å². The zero-order chi connectivity index (χ0) is 12.0. The molecule has 2 fully saturated rings. The van der Waals surface area contributed by atoms with Crippen LogP contribution in [0.4, 0.5) is 0 Å². The van der Waals surface area contributed by atoms with E-state index in [1.54, 1.807) is 0 Å². The molecule has 2 rings (SSSR count). The third-order valence-corrected chi connectivity index (χ3v) is 4.12. The maximum absolute atomic E-state index is 6.16. The molecule has 94 valence electrons. The normalized spacial score (nSPS) is 38.1. The second-order valence-electron chi connectivity index (χ2n) is 6.57. The summed E-state index contributed by atoms with van der Waals surface area (Å²) in [7, 11) is 0. The van der Waals surface area contributed by atoms with Gasteiger partial charge in [0.05, 0.1) is 11.2 Å². The van der Waals surface area contributed by atoms with Crippen molar-refractivity contribution < 1.29 is 4.74 Å². The first-order valence-corrected chi connectivity index (χ1v) is 6.48. The summed E-state index contributed by atoms with van der Waals surface area (Å²) in [5.74, 6) is 0.694. The van der Waals surface area contributed by atoms with E-state index < -0.39 is 0 Å². The van der Waals surface area contributed by atoms with Crippen LogP contribution >= 0.6 is 0 Å². The summed E-state index contributed by atoms with van der Waals surface area (Å²) in [6, 6.07) is 0.555. The molecule has 0 amide bonds. The Hall–Kier alpha value is -0.120. The third kappa shape index (κ3) is 2.27. The van der Waals surface area contributed by atoms with Gasteiger partial charge in [0.15, 0.2) is 0 Å². The Bertz CT molecular complexity index is 263. The first-order valence-electron chi connectivity index (χ1n) is 6.48. The SMILES string of the molecule is CC1(C)CC(N2CCC(CN)C2)C(C)(C)O1. The van der Waals surface area contributed by atoms with Gasteiger partial charge in [0.1, 0.15) is 0 Å². The van der Waals surface area contributed by atoms with Gasteiger partial charge >= 0.3 is 0 Å². The van der Waals surface area contributed by atoms with Crippen molar-refractivity contribution in [3.63, 3.8) is 0 Å². The Labute approximate surface area is 99.3 Å². The van der Waals surface area contributed by atoms with Crippen LogP contribution in [0.3, 0.4) is 0 Å².